The number of amides is 2. The molecule has 0 radical (unpaired) electrons. The Morgan fingerprint density at radius 1 is 1.09 bits per heavy atom. The molecule has 2 fully saturated rings. The number of hydrogen-bond acceptors (Lipinski definition) is 8. The van der Waals surface area contributed by atoms with Gasteiger partial charge in [-0.05, 0) is 62.9 Å². The monoisotopic (exact) mass is 608 g/mol. The van der Waals surface area contributed by atoms with Crippen molar-refractivity contribution in [3.8, 4) is 0 Å². The van der Waals surface area contributed by atoms with Crippen LogP contribution in [0.1, 0.15) is 45.2 Å². The van der Waals surface area contributed by atoms with E-state index in [-0.39, 0.29) is 5.91 Å². The van der Waals surface area contributed by atoms with E-state index in [2.05, 4.69) is 47.3 Å². The number of hydrogen-bond donors (Lipinski definition) is 4. The van der Waals surface area contributed by atoms with E-state index in [0.717, 1.165) is 54.2 Å². The summed E-state index contributed by atoms with van der Waals surface area (Å²) in [6, 6.07) is 8.90. The van der Waals surface area contributed by atoms with Crippen molar-refractivity contribution in [1.29, 1.82) is 0 Å². The van der Waals surface area contributed by atoms with Crippen molar-refractivity contribution in [2.75, 3.05) is 50.7 Å². The lowest BCUT2D eigenvalue weighted by Crippen LogP contribution is -2.64. The number of fused-ring (bicyclic) bond motifs is 1. The average molecular weight is 609 g/mol. The number of piperidine rings is 1. The Labute approximate surface area is 257 Å². The van der Waals surface area contributed by atoms with Crippen LogP contribution in [-0.4, -0.2) is 88.8 Å². The molecule has 0 saturated carbocycles. The van der Waals surface area contributed by atoms with Crippen LogP contribution in [0.5, 0.6) is 0 Å². The molecule has 12 heteroatoms. The van der Waals surface area contributed by atoms with Crippen LogP contribution in [-0.2, 0) is 9.53 Å². The second-order valence-corrected chi connectivity index (χ2v) is 12.7. The lowest BCUT2D eigenvalue weighted by atomic mass is 9.85. The van der Waals surface area contributed by atoms with Gasteiger partial charge in [0.15, 0.2) is 0 Å². The Bertz CT molecular complexity index is 1440. The summed E-state index contributed by atoms with van der Waals surface area (Å²) in [5, 5.41) is 11.1. The van der Waals surface area contributed by atoms with Crippen molar-refractivity contribution in [2.45, 2.75) is 50.8 Å². The molecule has 43 heavy (non-hydrogen) atoms. The molecule has 0 spiro atoms. The van der Waals surface area contributed by atoms with Crippen LogP contribution in [0.3, 0.4) is 0 Å². The number of anilines is 1. The molecule has 230 valence electrons. The molecule has 0 unspecified atom stereocenters. The maximum Gasteiger partial charge on any atom is 0.408 e. The number of rotatable bonds is 8. The van der Waals surface area contributed by atoms with E-state index in [1.807, 2.05) is 36.5 Å². The van der Waals surface area contributed by atoms with Crippen LogP contribution in [0.2, 0.25) is 5.02 Å². The summed E-state index contributed by atoms with van der Waals surface area (Å²) in [5.41, 5.74) is 0.563. The number of halogens is 1. The predicted molar refractivity (Wildman–Crippen MR) is 168 cm³/mol. The van der Waals surface area contributed by atoms with E-state index in [1.165, 1.54) is 6.33 Å². The summed E-state index contributed by atoms with van der Waals surface area (Å²) >= 11 is 6.20. The SMILES string of the molecule is C=C(CN1CCNCC1)[C@H](NC(=O)C1(NC(=O)OC(C)(C)C)CCN(c2ncnc3[nH]ccc23)CC1)c1ccc(Cl)cc1. The third-order valence-electron chi connectivity index (χ3n) is 7.95. The van der Waals surface area contributed by atoms with Gasteiger partial charge >= 0.3 is 6.09 Å². The van der Waals surface area contributed by atoms with Crippen molar-refractivity contribution >= 4 is 40.5 Å². The number of alkyl carbamates (subject to hydrolysis) is 1. The van der Waals surface area contributed by atoms with Gasteiger partial charge in [0, 0.05) is 57.0 Å². The van der Waals surface area contributed by atoms with E-state index in [4.69, 9.17) is 16.3 Å². The van der Waals surface area contributed by atoms with E-state index >= 15 is 0 Å². The highest BCUT2D eigenvalue weighted by molar-refractivity contribution is 6.30. The highest BCUT2D eigenvalue weighted by Crippen LogP contribution is 2.32. The minimum absolute atomic E-state index is 0.283. The molecule has 4 N–H and O–H groups in total. The Morgan fingerprint density at radius 2 is 1.79 bits per heavy atom. The summed E-state index contributed by atoms with van der Waals surface area (Å²) in [6.07, 6.45) is 3.44. The fraction of sp³-hybridized carbons (Fsp3) is 0.484. The molecule has 2 aliphatic heterocycles. The number of piperazine rings is 1. The number of aromatic nitrogens is 3. The smallest absolute Gasteiger partial charge is 0.408 e. The molecular formula is C31H41ClN8O3. The largest absolute Gasteiger partial charge is 0.444 e. The quantitative estimate of drug-likeness (QED) is 0.285. The van der Waals surface area contributed by atoms with E-state index in [1.54, 1.807) is 20.8 Å². The Balaban J connectivity index is 1.40. The fourth-order valence-corrected chi connectivity index (χ4v) is 5.84. The van der Waals surface area contributed by atoms with Crippen LogP contribution in [0, 0.1) is 0 Å². The number of benzene rings is 1. The number of carbonyl (C=O) groups is 2. The molecule has 2 saturated heterocycles. The third-order valence-corrected chi connectivity index (χ3v) is 8.20. The first-order valence-electron chi connectivity index (χ1n) is 14.7. The molecule has 5 rings (SSSR count). The van der Waals surface area contributed by atoms with Gasteiger partial charge in [-0.25, -0.2) is 14.8 Å². The standard InChI is InChI=1S/C31H41ClN8O3/c1-21(19-39-17-13-33-14-18-39)25(22-5-7-23(32)8-6-22)37-28(41)31(38-29(42)43-30(2,3)4)10-15-40(16-11-31)27-24-9-12-34-26(24)35-20-36-27/h5-9,12,20,25,33H,1,10-11,13-19H2,2-4H3,(H,37,41)(H,38,42)(H,34,35,36)/t25-/m0/s1. The van der Waals surface area contributed by atoms with Crippen molar-refractivity contribution in [3.05, 3.63) is 65.6 Å². The summed E-state index contributed by atoms with van der Waals surface area (Å²) in [5.74, 6) is 0.509. The third kappa shape index (κ3) is 7.46. The highest BCUT2D eigenvalue weighted by Gasteiger charge is 2.45. The molecule has 1 atom stereocenters. The minimum atomic E-state index is -1.21. The Morgan fingerprint density at radius 3 is 2.47 bits per heavy atom. The zero-order valence-corrected chi connectivity index (χ0v) is 25.8. The molecule has 2 aliphatic rings. The summed E-state index contributed by atoms with van der Waals surface area (Å²) in [7, 11) is 0. The maximum absolute atomic E-state index is 14.4. The number of nitrogens with one attached hydrogen (secondary N) is 4. The van der Waals surface area contributed by atoms with Crippen molar-refractivity contribution < 1.29 is 14.3 Å². The molecule has 0 bridgehead atoms. The number of H-pyrrole nitrogens is 1. The second-order valence-electron chi connectivity index (χ2n) is 12.3. The van der Waals surface area contributed by atoms with Gasteiger partial charge in [-0.1, -0.05) is 30.3 Å². The molecule has 0 aliphatic carbocycles. The first kappa shape index (κ1) is 30.8. The first-order valence-corrected chi connectivity index (χ1v) is 15.1. The summed E-state index contributed by atoms with van der Waals surface area (Å²) in [4.78, 5) is 43.9. The summed E-state index contributed by atoms with van der Waals surface area (Å²) in [6.45, 7) is 15.1. The average Bonchev–Trinajstić information content (AvgIpc) is 3.46. The van der Waals surface area contributed by atoms with Gasteiger partial charge in [0.2, 0.25) is 5.91 Å². The van der Waals surface area contributed by atoms with Crippen molar-refractivity contribution in [2.24, 2.45) is 0 Å². The predicted octanol–water partition coefficient (Wildman–Crippen LogP) is 3.79. The van der Waals surface area contributed by atoms with Crippen molar-refractivity contribution in [1.82, 2.24) is 35.8 Å². The highest BCUT2D eigenvalue weighted by atomic mass is 35.5. The first-order chi connectivity index (χ1) is 20.5. The Kier molecular flexibility index (Phi) is 9.24. The normalized spacial score (nSPS) is 18.2. The van der Waals surface area contributed by atoms with E-state index in [0.29, 0.717) is 37.5 Å². The van der Waals surface area contributed by atoms with Crippen LogP contribution < -0.4 is 20.9 Å². The Hall–Kier alpha value is -3.67. The molecule has 11 nitrogen and oxygen atoms in total. The molecule has 3 aromatic rings. The van der Waals surface area contributed by atoms with Crippen molar-refractivity contribution in [3.63, 3.8) is 0 Å². The zero-order chi connectivity index (χ0) is 30.6. The molecule has 4 heterocycles. The van der Waals surface area contributed by atoms with Gasteiger partial charge < -0.3 is 30.6 Å². The molecule has 1 aromatic carbocycles. The van der Waals surface area contributed by atoms with Gasteiger partial charge in [-0.15, -0.1) is 0 Å². The van der Waals surface area contributed by atoms with Gasteiger partial charge in [0.25, 0.3) is 0 Å². The van der Waals surface area contributed by atoms with Crippen LogP contribution in [0.15, 0.2) is 55.0 Å². The van der Waals surface area contributed by atoms with Crippen LogP contribution in [0.4, 0.5) is 10.6 Å². The van der Waals surface area contributed by atoms with Crippen LogP contribution >= 0.6 is 11.6 Å². The van der Waals surface area contributed by atoms with Gasteiger partial charge in [-0.3, -0.25) is 9.69 Å². The van der Waals surface area contributed by atoms with E-state index < -0.39 is 23.3 Å². The summed E-state index contributed by atoms with van der Waals surface area (Å²) < 4.78 is 5.61. The minimum Gasteiger partial charge on any atom is -0.444 e. The maximum atomic E-state index is 14.4. The van der Waals surface area contributed by atoms with Gasteiger partial charge in [0.1, 0.15) is 28.9 Å². The van der Waals surface area contributed by atoms with E-state index in [9.17, 15) is 9.59 Å². The zero-order valence-electron chi connectivity index (χ0n) is 25.1. The molecule has 2 amide bonds. The number of carbonyl (C=O) groups excluding carboxylic acids is 2. The molecule has 2 aromatic heterocycles. The topological polar surface area (TPSA) is 128 Å². The molecular weight excluding hydrogens is 568 g/mol. The van der Waals surface area contributed by atoms with Gasteiger partial charge in [-0.2, -0.15) is 0 Å². The number of nitrogens with zero attached hydrogens (tertiary/aromatic N) is 4. The fourth-order valence-electron chi connectivity index (χ4n) is 5.71. The van der Waals surface area contributed by atoms with Gasteiger partial charge in [0.05, 0.1) is 11.4 Å². The lowest BCUT2D eigenvalue weighted by molar-refractivity contribution is -0.129. The lowest BCUT2D eigenvalue weighted by Gasteiger charge is -2.42. The second kappa shape index (κ2) is 12.9. The number of ether oxygens (including phenoxy) is 1. The van der Waals surface area contributed by atoms with Crippen LogP contribution in [0.25, 0.3) is 11.0 Å². The number of aromatic amines is 1.